The quantitative estimate of drug-likeness (QED) is 0.198. The summed E-state index contributed by atoms with van der Waals surface area (Å²) in [4.78, 5) is 37.6. The van der Waals surface area contributed by atoms with Gasteiger partial charge in [-0.3, -0.25) is 9.98 Å². The highest BCUT2D eigenvalue weighted by molar-refractivity contribution is 6.16. The van der Waals surface area contributed by atoms with Crippen LogP contribution in [0.1, 0.15) is 36.1 Å². The molecule has 0 spiro atoms. The maximum absolute atomic E-state index is 13.7. The molecule has 0 aromatic heterocycles. The SMILES string of the molecule is COC(=O)[C@](C)(N=C(c1ccccc1)c1ccccc1)[C@@](C)(N=C(c1ccccc1)c1ccccc1)C(=O)OC. The standard InChI is InChI=1S/C34H32N2O4/c1-33(31(37)39-3,35-29(25-17-9-5-10-18-25)26-19-11-6-12-20-26)34(2,32(38)40-4)36-30(27-21-13-7-14-22-27)28-23-15-8-16-24-28/h5-24H,1-4H3/t33-,34-/m0/s1. The molecule has 40 heavy (non-hydrogen) atoms. The van der Waals surface area contributed by atoms with Crippen LogP contribution in [0.3, 0.4) is 0 Å². The van der Waals surface area contributed by atoms with Crippen molar-refractivity contribution in [3.05, 3.63) is 144 Å². The third kappa shape index (κ3) is 5.61. The van der Waals surface area contributed by atoms with Crippen LogP contribution < -0.4 is 0 Å². The third-order valence-corrected chi connectivity index (χ3v) is 6.97. The predicted molar refractivity (Wildman–Crippen MR) is 158 cm³/mol. The van der Waals surface area contributed by atoms with Crippen LogP contribution in [0.15, 0.2) is 131 Å². The minimum atomic E-state index is -1.83. The molecule has 0 unspecified atom stereocenters. The van der Waals surface area contributed by atoms with Crippen molar-refractivity contribution >= 4 is 23.4 Å². The molecule has 4 aromatic carbocycles. The van der Waals surface area contributed by atoms with Gasteiger partial charge >= 0.3 is 11.9 Å². The van der Waals surface area contributed by atoms with Crippen LogP contribution in [0.25, 0.3) is 0 Å². The van der Waals surface area contributed by atoms with Crippen LogP contribution in [0.5, 0.6) is 0 Å². The zero-order valence-electron chi connectivity index (χ0n) is 23.1. The minimum absolute atomic E-state index is 0.514. The lowest BCUT2D eigenvalue weighted by molar-refractivity contribution is -0.159. The fraction of sp³-hybridized carbons (Fsp3) is 0.176. The van der Waals surface area contributed by atoms with E-state index in [9.17, 15) is 9.59 Å². The summed E-state index contributed by atoms with van der Waals surface area (Å²) in [5.74, 6) is -1.46. The number of benzene rings is 4. The summed E-state index contributed by atoms with van der Waals surface area (Å²) in [5, 5.41) is 0. The lowest BCUT2D eigenvalue weighted by Crippen LogP contribution is -2.59. The summed E-state index contributed by atoms with van der Waals surface area (Å²) in [6, 6.07) is 38.0. The van der Waals surface area contributed by atoms with Gasteiger partial charge in [0.25, 0.3) is 0 Å². The Hall–Kier alpha value is -4.84. The highest BCUT2D eigenvalue weighted by atomic mass is 16.5. The zero-order chi connectivity index (χ0) is 28.6. The van der Waals surface area contributed by atoms with Crippen molar-refractivity contribution in [2.75, 3.05) is 14.2 Å². The van der Waals surface area contributed by atoms with E-state index in [1.54, 1.807) is 13.8 Å². The zero-order valence-corrected chi connectivity index (χ0v) is 23.1. The molecule has 0 bridgehead atoms. The lowest BCUT2D eigenvalue weighted by atomic mass is 9.78. The number of methoxy groups -OCH3 is 2. The Labute approximate surface area is 235 Å². The number of hydrogen-bond acceptors (Lipinski definition) is 6. The van der Waals surface area contributed by atoms with Gasteiger partial charge in [-0.05, 0) is 13.8 Å². The van der Waals surface area contributed by atoms with Crippen molar-refractivity contribution in [2.24, 2.45) is 9.98 Å². The number of carbonyl (C=O) groups is 2. The molecule has 6 heteroatoms. The van der Waals surface area contributed by atoms with Crippen LogP contribution in [0.2, 0.25) is 0 Å². The van der Waals surface area contributed by atoms with Gasteiger partial charge in [0.05, 0.1) is 25.6 Å². The Bertz CT molecular complexity index is 1300. The van der Waals surface area contributed by atoms with Crippen LogP contribution in [-0.4, -0.2) is 48.7 Å². The molecule has 0 radical (unpaired) electrons. The summed E-state index contributed by atoms with van der Waals surface area (Å²) >= 11 is 0. The molecule has 0 fully saturated rings. The topological polar surface area (TPSA) is 77.3 Å². The second-order valence-corrected chi connectivity index (χ2v) is 9.51. The van der Waals surface area contributed by atoms with Gasteiger partial charge < -0.3 is 9.47 Å². The molecule has 202 valence electrons. The average Bonchev–Trinajstić information content (AvgIpc) is 3.03. The van der Waals surface area contributed by atoms with Crippen molar-refractivity contribution in [2.45, 2.75) is 24.9 Å². The molecule has 0 aliphatic carbocycles. The van der Waals surface area contributed by atoms with Crippen LogP contribution in [-0.2, 0) is 19.1 Å². The van der Waals surface area contributed by atoms with Crippen LogP contribution in [0.4, 0.5) is 0 Å². The van der Waals surface area contributed by atoms with E-state index in [2.05, 4.69) is 0 Å². The molecular weight excluding hydrogens is 500 g/mol. The van der Waals surface area contributed by atoms with Crippen molar-refractivity contribution in [3.63, 3.8) is 0 Å². The first kappa shape index (κ1) is 28.2. The lowest BCUT2D eigenvalue weighted by Gasteiger charge is -2.37. The maximum Gasteiger partial charge on any atom is 0.336 e. The molecule has 0 N–H and O–H groups in total. The van der Waals surface area contributed by atoms with Crippen molar-refractivity contribution in [1.29, 1.82) is 0 Å². The van der Waals surface area contributed by atoms with Gasteiger partial charge in [0.15, 0.2) is 11.1 Å². The van der Waals surface area contributed by atoms with Crippen LogP contribution in [0, 0.1) is 0 Å². The van der Waals surface area contributed by atoms with Crippen molar-refractivity contribution < 1.29 is 19.1 Å². The molecule has 4 aromatic rings. The predicted octanol–water partition coefficient (Wildman–Crippen LogP) is 5.93. The van der Waals surface area contributed by atoms with E-state index >= 15 is 0 Å². The third-order valence-electron chi connectivity index (χ3n) is 6.97. The molecule has 2 atom stereocenters. The second-order valence-electron chi connectivity index (χ2n) is 9.51. The van der Waals surface area contributed by atoms with E-state index in [1.807, 2.05) is 121 Å². The maximum atomic E-state index is 13.7. The Morgan fingerprint density at radius 3 is 0.900 bits per heavy atom. The molecule has 0 amide bonds. The summed E-state index contributed by atoms with van der Waals surface area (Å²) in [5.41, 5.74) is 0.450. The molecule has 0 saturated heterocycles. The number of carbonyl (C=O) groups excluding carboxylic acids is 2. The molecule has 0 heterocycles. The molecule has 0 aliphatic rings. The first-order valence-electron chi connectivity index (χ1n) is 12.9. The summed E-state index contributed by atoms with van der Waals surface area (Å²) < 4.78 is 10.6. The van der Waals surface area contributed by atoms with Crippen LogP contribution >= 0.6 is 0 Å². The van der Waals surface area contributed by atoms with Crippen molar-refractivity contribution in [3.8, 4) is 0 Å². The van der Waals surface area contributed by atoms with E-state index in [-0.39, 0.29) is 0 Å². The number of rotatable bonds is 9. The van der Waals surface area contributed by atoms with E-state index in [4.69, 9.17) is 19.5 Å². The molecule has 0 saturated carbocycles. The van der Waals surface area contributed by atoms with E-state index in [0.29, 0.717) is 11.4 Å². The molecular formula is C34H32N2O4. The Kier molecular flexibility index (Phi) is 8.70. The van der Waals surface area contributed by atoms with E-state index < -0.39 is 23.0 Å². The molecule has 0 aliphatic heterocycles. The van der Waals surface area contributed by atoms with Gasteiger partial charge in [-0.1, -0.05) is 121 Å². The Morgan fingerprint density at radius 2 is 0.700 bits per heavy atom. The van der Waals surface area contributed by atoms with Gasteiger partial charge in [-0.2, -0.15) is 0 Å². The van der Waals surface area contributed by atoms with Gasteiger partial charge in [-0.25, -0.2) is 9.59 Å². The highest BCUT2D eigenvalue weighted by Crippen LogP contribution is 2.36. The summed E-state index contributed by atoms with van der Waals surface area (Å²) in [6.07, 6.45) is 0. The fourth-order valence-electron chi connectivity index (χ4n) is 4.53. The number of esters is 2. The number of ether oxygens (including phenoxy) is 2. The highest BCUT2D eigenvalue weighted by Gasteiger charge is 2.58. The average molecular weight is 533 g/mol. The largest absolute Gasteiger partial charge is 0.467 e. The van der Waals surface area contributed by atoms with Gasteiger partial charge in [0.2, 0.25) is 0 Å². The Balaban J connectivity index is 2.07. The van der Waals surface area contributed by atoms with E-state index in [1.165, 1.54) is 14.2 Å². The summed E-state index contributed by atoms with van der Waals surface area (Å²) in [7, 11) is 2.55. The van der Waals surface area contributed by atoms with Gasteiger partial charge in [0.1, 0.15) is 0 Å². The first-order chi connectivity index (χ1) is 19.3. The van der Waals surface area contributed by atoms with Gasteiger partial charge in [-0.15, -0.1) is 0 Å². The number of aliphatic imine (C=N–C) groups is 2. The fourth-order valence-corrected chi connectivity index (χ4v) is 4.53. The normalized spacial score (nSPS) is 13.6. The first-order valence-corrected chi connectivity index (χ1v) is 12.9. The number of hydrogen-bond donors (Lipinski definition) is 0. The Morgan fingerprint density at radius 1 is 0.475 bits per heavy atom. The monoisotopic (exact) mass is 532 g/mol. The molecule has 6 nitrogen and oxygen atoms in total. The van der Waals surface area contributed by atoms with Gasteiger partial charge in [0, 0.05) is 22.3 Å². The van der Waals surface area contributed by atoms with Crippen molar-refractivity contribution in [1.82, 2.24) is 0 Å². The number of nitrogens with zero attached hydrogens (tertiary/aromatic N) is 2. The minimum Gasteiger partial charge on any atom is -0.467 e. The second kappa shape index (κ2) is 12.3. The smallest absolute Gasteiger partial charge is 0.336 e. The van der Waals surface area contributed by atoms with E-state index in [0.717, 1.165) is 22.3 Å². The summed E-state index contributed by atoms with van der Waals surface area (Å²) in [6.45, 7) is 3.14. The molecule has 4 rings (SSSR count).